The fourth-order valence-electron chi connectivity index (χ4n) is 6.83. The van der Waals surface area contributed by atoms with E-state index < -0.39 is 6.29 Å². The number of hydrogen-bond donors (Lipinski definition) is 0. The summed E-state index contributed by atoms with van der Waals surface area (Å²) in [5, 5.41) is 0. The summed E-state index contributed by atoms with van der Waals surface area (Å²) in [5.74, 6) is -0.354. The van der Waals surface area contributed by atoms with E-state index in [0.717, 1.165) is 18.4 Å². The van der Waals surface area contributed by atoms with Crippen LogP contribution in [0.5, 0.6) is 0 Å². The molecule has 2 atom stereocenters. The number of benzene rings is 1. The maximum atomic E-state index is 12.0. The summed E-state index contributed by atoms with van der Waals surface area (Å²) in [4.78, 5) is 12.0. The fourth-order valence-corrected chi connectivity index (χ4v) is 6.83. The van der Waals surface area contributed by atoms with Crippen molar-refractivity contribution >= 4 is 5.97 Å². The summed E-state index contributed by atoms with van der Waals surface area (Å²) in [6.07, 6.45) is 23.8. The Kier molecular flexibility index (Phi) is 10.7. The molecule has 5 rings (SSSR count). The molecule has 4 heteroatoms. The summed E-state index contributed by atoms with van der Waals surface area (Å²) in [5.41, 5.74) is 3.69. The first-order valence-electron chi connectivity index (χ1n) is 15.3. The van der Waals surface area contributed by atoms with Crippen molar-refractivity contribution in [1.29, 1.82) is 0 Å². The van der Waals surface area contributed by atoms with Crippen molar-refractivity contribution in [2.24, 2.45) is 5.41 Å². The predicted molar refractivity (Wildman–Crippen MR) is 149 cm³/mol. The summed E-state index contributed by atoms with van der Waals surface area (Å²) in [6.45, 7) is 5.15. The summed E-state index contributed by atoms with van der Waals surface area (Å²) in [7, 11) is 0. The van der Waals surface area contributed by atoms with Crippen LogP contribution in [0.4, 0.5) is 0 Å². The minimum absolute atomic E-state index is 0.107. The number of rotatable bonds is 14. The first-order chi connectivity index (χ1) is 18.1. The van der Waals surface area contributed by atoms with Gasteiger partial charge < -0.3 is 14.2 Å². The molecule has 1 heterocycles. The standard InChI is InChI=1S/C33H50O4/c1-3-5-7-9-11-13-30(34)37-31-26-35-29(25-36-31)27-14-16-28(17-15-27)33-22-19-32(20-23-33,21-24-33)18-12-10-8-6-4-2/h11,13-17,29,31H,3-10,12,18-26H2,1-2H3/b13-11+/t29-,31-,32?,33?/m1/s1. The van der Waals surface area contributed by atoms with Gasteiger partial charge in [-0.1, -0.05) is 89.1 Å². The highest BCUT2D eigenvalue weighted by Gasteiger charge is 2.48. The van der Waals surface area contributed by atoms with E-state index >= 15 is 0 Å². The fraction of sp³-hybridized carbons (Fsp3) is 0.727. The molecule has 4 nitrogen and oxygen atoms in total. The van der Waals surface area contributed by atoms with Crippen LogP contribution in [0.15, 0.2) is 36.4 Å². The average molecular weight is 511 g/mol. The highest BCUT2D eigenvalue weighted by Crippen LogP contribution is 2.59. The van der Waals surface area contributed by atoms with Gasteiger partial charge in [0.15, 0.2) is 0 Å². The number of unbranched alkanes of at least 4 members (excludes halogenated alkanes) is 7. The summed E-state index contributed by atoms with van der Waals surface area (Å²) in [6, 6.07) is 9.15. The zero-order valence-electron chi connectivity index (χ0n) is 23.5. The Morgan fingerprint density at radius 1 is 0.865 bits per heavy atom. The molecule has 37 heavy (non-hydrogen) atoms. The Morgan fingerprint density at radius 3 is 2.19 bits per heavy atom. The molecule has 1 aromatic carbocycles. The third-order valence-electron chi connectivity index (χ3n) is 9.45. The van der Waals surface area contributed by atoms with Crippen molar-refractivity contribution in [3.05, 3.63) is 47.5 Å². The molecule has 0 aromatic heterocycles. The molecule has 4 aliphatic rings. The number of carbonyl (C=O) groups excluding carboxylic acids is 1. The second kappa shape index (κ2) is 13.9. The maximum absolute atomic E-state index is 12.0. The minimum atomic E-state index is -0.626. The van der Waals surface area contributed by atoms with Gasteiger partial charge in [0.1, 0.15) is 12.7 Å². The number of hydrogen-bond acceptors (Lipinski definition) is 4. The molecule has 0 amide bonds. The van der Waals surface area contributed by atoms with Crippen LogP contribution in [0.3, 0.4) is 0 Å². The molecule has 0 unspecified atom stereocenters. The van der Waals surface area contributed by atoms with Gasteiger partial charge in [-0.2, -0.15) is 0 Å². The Bertz CT molecular complexity index is 825. The van der Waals surface area contributed by atoms with E-state index in [-0.39, 0.29) is 18.7 Å². The smallest absolute Gasteiger partial charge is 0.332 e. The quantitative estimate of drug-likeness (QED) is 0.143. The van der Waals surface area contributed by atoms with Crippen LogP contribution in [0.1, 0.15) is 134 Å². The highest BCUT2D eigenvalue weighted by atomic mass is 16.7. The van der Waals surface area contributed by atoms with Crippen LogP contribution >= 0.6 is 0 Å². The molecule has 1 aliphatic heterocycles. The second-order valence-corrected chi connectivity index (χ2v) is 12.0. The van der Waals surface area contributed by atoms with Crippen LogP contribution in [-0.2, 0) is 24.4 Å². The molecular formula is C33H50O4. The number of ether oxygens (including phenoxy) is 3. The molecule has 2 bridgehead atoms. The predicted octanol–water partition coefficient (Wildman–Crippen LogP) is 8.73. The zero-order valence-corrected chi connectivity index (χ0v) is 23.5. The molecule has 0 N–H and O–H groups in total. The lowest BCUT2D eigenvalue weighted by molar-refractivity contribution is -0.230. The van der Waals surface area contributed by atoms with Crippen molar-refractivity contribution in [3.8, 4) is 0 Å². The first kappa shape index (κ1) is 28.4. The first-order valence-corrected chi connectivity index (χ1v) is 15.3. The van der Waals surface area contributed by atoms with Gasteiger partial charge in [0.25, 0.3) is 0 Å². The Labute approximate surface area is 225 Å². The van der Waals surface area contributed by atoms with Crippen molar-refractivity contribution in [2.45, 2.75) is 134 Å². The van der Waals surface area contributed by atoms with E-state index in [4.69, 9.17) is 14.2 Å². The SMILES string of the molecule is CCCCC/C=C/C(=O)O[C@@H]1CO[C@@H](c2ccc(C34CCC(CCCCCCC)(CC3)CC4)cc2)CO1. The minimum Gasteiger partial charge on any atom is -0.430 e. The van der Waals surface area contributed by atoms with Crippen LogP contribution in [-0.4, -0.2) is 25.5 Å². The normalized spacial score (nSPS) is 29.6. The maximum Gasteiger partial charge on any atom is 0.332 e. The van der Waals surface area contributed by atoms with Crippen LogP contribution in [0, 0.1) is 5.41 Å². The van der Waals surface area contributed by atoms with Gasteiger partial charge >= 0.3 is 5.97 Å². The van der Waals surface area contributed by atoms with Gasteiger partial charge in [0.05, 0.1) is 6.61 Å². The third-order valence-corrected chi connectivity index (χ3v) is 9.45. The number of allylic oxidation sites excluding steroid dienone is 1. The molecule has 3 aliphatic carbocycles. The monoisotopic (exact) mass is 510 g/mol. The Hall–Kier alpha value is -1.65. The van der Waals surface area contributed by atoms with E-state index in [0.29, 0.717) is 17.4 Å². The van der Waals surface area contributed by atoms with Crippen LogP contribution in [0.2, 0.25) is 0 Å². The van der Waals surface area contributed by atoms with Gasteiger partial charge in [0.2, 0.25) is 6.29 Å². The molecule has 0 radical (unpaired) electrons. The van der Waals surface area contributed by atoms with Gasteiger partial charge in [-0.25, -0.2) is 4.79 Å². The van der Waals surface area contributed by atoms with Gasteiger partial charge in [-0.05, 0) is 79.7 Å². The van der Waals surface area contributed by atoms with E-state index in [1.54, 1.807) is 0 Å². The summed E-state index contributed by atoms with van der Waals surface area (Å²) < 4.78 is 17.2. The lowest BCUT2D eigenvalue weighted by Gasteiger charge is -2.54. The molecular weight excluding hydrogens is 460 g/mol. The largest absolute Gasteiger partial charge is 0.430 e. The average Bonchev–Trinajstić information content (AvgIpc) is 2.94. The number of fused-ring (bicyclic) bond motifs is 3. The van der Waals surface area contributed by atoms with Crippen LogP contribution < -0.4 is 0 Å². The molecule has 1 aromatic rings. The topological polar surface area (TPSA) is 44.8 Å². The lowest BCUT2D eigenvalue weighted by Crippen LogP contribution is -2.44. The highest BCUT2D eigenvalue weighted by molar-refractivity contribution is 5.81. The Balaban J connectivity index is 1.20. The van der Waals surface area contributed by atoms with Crippen molar-refractivity contribution in [2.75, 3.05) is 13.2 Å². The van der Waals surface area contributed by atoms with Gasteiger partial charge in [0, 0.05) is 6.08 Å². The van der Waals surface area contributed by atoms with E-state index in [1.807, 2.05) is 6.08 Å². The summed E-state index contributed by atoms with van der Waals surface area (Å²) >= 11 is 0. The lowest BCUT2D eigenvalue weighted by atomic mass is 9.51. The zero-order chi connectivity index (χ0) is 26.0. The Morgan fingerprint density at radius 2 is 1.54 bits per heavy atom. The second-order valence-electron chi connectivity index (χ2n) is 12.0. The molecule has 1 saturated heterocycles. The van der Waals surface area contributed by atoms with E-state index in [9.17, 15) is 4.79 Å². The third kappa shape index (κ3) is 7.69. The number of carbonyl (C=O) groups is 1. The van der Waals surface area contributed by atoms with Crippen molar-refractivity contribution < 1.29 is 19.0 Å². The van der Waals surface area contributed by atoms with Gasteiger partial charge in [-0.15, -0.1) is 0 Å². The van der Waals surface area contributed by atoms with Crippen molar-refractivity contribution in [3.63, 3.8) is 0 Å². The van der Waals surface area contributed by atoms with Crippen molar-refractivity contribution in [1.82, 2.24) is 0 Å². The van der Waals surface area contributed by atoms with E-state index in [2.05, 4.69) is 38.1 Å². The van der Waals surface area contributed by atoms with E-state index in [1.165, 1.54) is 102 Å². The molecule has 3 saturated carbocycles. The molecule has 0 spiro atoms. The number of esters is 1. The molecule has 206 valence electrons. The van der Waals surface area contributed by atoms with Gasteiger partial charge in [-0.3, -0.25) is 0 Å². The van der Waals surface area contributed by atoms with Crippen LogP contribution in [0.25, 0.3) is 0 Å². The molecule has 4 fully saturated rings.